The number of carbonyl (C=O) groups excluding carboxylic acids is 1. The Labute approximate surface area is 166 Å². The number of hydrogen-bond donors (Lipinski definition) is 0. The van der Waals surface area contributed by atoms with Gasteiger partial charge in [0, 0.05) is 49.6 Å². The lowest BCUT2D eigenvalue weighted by Gasteiger charge is -2.36. The van der Waals surface area contributed by atoms with E-state index in [0.717, 1.165) is 10.3 Å². The van der Waals surface area contributed by atoms with E-state index >= 15 is 0 Å². The van der Waals surface area contributed by atoms with Crippen LogP contribution in [0.5, 0.6) is 0 Å². The average Bonchev–Trinajstić information content (AvgIpc) is 2.71. The molecule has 146 valence electrons. The summed E-state index contributed by atoms with van der Waals surface area (Å²) in [6, 6.07) is 9.30. The first-order valence-electron chi connectivity index (χ1n) is 8.97. The van der Waals surface area contributed by atoms with Gasteiger partial charge in [-0.05, 0) is 25.1 Å². The number of piperazine rings is 1. The molecule has 1 amide bonds. The zero-order valence-electron chi connectivity index (χ0n) is 15.5. The van der Waals surface area contributed by atoms with Gasteiger partial charge in [-0.2, -0.15) is 5.26 Å². The maximum atomic E-state index is 12.7. The Kier molecular flexibility index (Phi) is 5.85. The van der Waals surface area contributed by atoms with E-state index in [4.69, 9.17) is 16.9 Å². The molecule has 0 atom stereocenters. The lowest BCUT2D eigenvalue weighted by molar-refractivity contribution is -0.132. The summed E-state index contributed by atoms with van der Waals surface area (Å²) in [6.07, 6.45) is 1.23. The Bertz CT molecular complexity index is 1040. The molecule has 0 aliphatic carbocycles. The van der Waals surface area contributed by atoms with E-state index in [1.165, 1.54) is 10.8 Å². The molecule has 1 aromatic carbocycles. The van der Waals surface area contributed by atoms with Gasteiger partial charge in [0.05, 0.1) is 0 Å². The van der Waals surface area contributed by atoms with E-state index in [9.17, 15) is 14.4 Å². The molecule has 2 heterocycles. The van der Waals surface area contributed by atoms with E-state index in [0.29, 0.717) is 37.7 Å². The maximum Gasteiger partial charge on any atom is 0.331 e. The number of rotatable bonds is 4. The summed E-state index contributed by atoms with van der Waals surface area (Å²) in [5.74, 6) is -0.317. The van der Waals surface area contributed by atoms with Crippen molar-refractivity contribution in [1.82, 2.24) is 14.0 Å². The SMILES string of the molecule is CCn1cc(C#N)c(=O)n(CC(=O)N2CCN(c3cccc(Cl)c3)CC2)c1=O. The van der Waals surface area contributed by atoms with Gasteiger partial charge in [0.15, 0.2) is 0 Å². The van der Waals surface area contributed by atoms with Crippen molar-refractivity contribution < 1.29 is 4.79 Å². The third kappa shape index (κ3) is 3.94. The van der Waals surface area contributed by atoms with Crippen molar-refractivity contribution in [1.29, 1.82) is 5.26 Å². The topological polar surface area (TPSA) is 91.3 Å². The summed E-state index contributed by atoms with van der Waals surface area (Å²) in [5, 5.41) is 9.76. The number of aryl methyl sites for hydroxylation is 1. The number of amides is 1. The molecule has 1 aliphatic heterocycles. The molecule has 2 aromatic rings. The smallest absolute Gasteiger partial charge is 0.331 e. The van der Waals surface area contributed by atoms with Crippen molar-refractivity contribution in [2.24, 2.45) is 0 Å². The fraction of sp³-hybridized carbons (Fsp3) is 0.368. The predicted molar refractivity (Wildman–Crippen MR) is 106 cm³/mol. The van der Waals surface area contributed by atoms with Gasteiger partial charge in [0.25, 0.3) is 5.56 Å². The van der Waals surface area contributed by atoms with Crippen LogP contribution in [0.15, 0.2) is 40.1 Å². The minimum Gasteiger partial charge on any atom is -0.368 e. The minimum atomic E-state index is -0.733. The van der Waals surface area contributed by atoms with Crippen LogP contribution in [0.3, 0.4) is 0 Å². The molecule has 3 rings (SSSR count). The molecular weight excluding hydrogens is 382 g/mol. The van der Waals surface area contributed by atoms with Crippen LogP contribution in [0.4, 0.5) is 5.69 Å². The summed E-state index contributed by atoms with van der Waals surface area (Å²) in [4.78, 5) is 41.1. The third-order valence-corrected chi connectivity index (χ3v) is 5.03. The van der Waals surface area contributed by atoms with Crippen LogP contribution in [0, 0.1) is 11.3 Å². The second-order valence-electron chi connectivity index (χ2n) is 6.46. The van der Waals surface area contributed by atoms with Crippen molar-refractivity contribution in [3.63, 3.8) is 0 Å². The van der Waals surface area contributed by atoms with Crippen molar-refractivity contribution in [2.75, 3.05) is 31.1 Å². The highest BCUT2D eigenvalue weighted by Crippen LogP contribution is 2.20. The first-order chi connectivity index (χ1) is 13.4. The lowest BCUT2D eigenvalue weighted by Crippen LogP contribution is -2.51. The molecule has 0 bridgehead atoms. The molecule has 9 heteroatoms. The third-order valence-electron chi connectivity index (χ3n) is 4.80. The van der Waals surface area contributed by atoms with Crippen LogP contribution in [0.25, 0.3) is 0 Å². The zero-order chi connectivity index (χ0) is 20.3. The van der Waals surface area contributed by atoms with Gasteiger partial charge in [-0.3, -0.25) is 14.2 Å². The number of nitrogens with zero attached hydrogens (tertiary/aromatic N) is 5. The normalized spacial score (nSPS) is 14.0. The Morgan fingerprint density at radius 2 is 1.93 bits per heavy atom. The van der Waals surface area contributed by atoms with Crippen LogP contribution < -0.4 is 16.1 Å². The molecule has 1 fully saturated rings. The van der Waals surface area contributed by atoms with Crippen LogP contribution in [0.1, 0.15) is 12.5 Å². The van der Waals surface area contributed by atoms with Crippen molar-refractivity contribution in [2.45, 2.75) is 20.0 Å². The maximum absolute atomic E-state index is 12.7. The summed E-state index contributed by atoms with van der Waals surface area (Å²) >= 11 is 6.03. The number of halogens is 1. The quantitative estimate of drug-likeness (QED) is 0.759. The number of benzene rings is 1. The first kappa shape index (κ1) is 19.7. The van der Waals surface area contributed by atoms with Crippen molar-refractivity contribution >= 4 is 23.2 Å². The predicted octanol–water partition coefficient (Wildman–Crippen LogP) is 0.904. The molecule has 1 aromatic heterocycles. The standard InChI is InChI=1S/C19H20ClN5O3/c1-2-22-12-14(11-21)18(27)25(19(22)28)13-17(26)24-8-6-23(7-9-24)16-5-3-4-15(20)10-16/h3-5,10,12H,2,6-9,13H2,1H3. The molecular formula is C19H20ClN5O3. The van der Waals surface area contributed by atoms with Crippen molar-refractivity contribution in [3.05, 3.63) is 61.9 Å². The number of anilines is 1. The summed E-state index contributed by atoms with van der Waals surface area (Å²) in [5.41, 5.74) is -0.482. The van der Waals surface area contributed by atoms with Gasteiger partial charge in [-0.1, -0.05) is 17.7 Å². The molecule has 0 N–H and O–H groups in total. The summed E-state index contributed by atoms with van der Waals surface area (Å²) in [6.45, 7) is 3.86. The fourth-order valence-corrected chi connectivity index (χ4v) is 3.40. The Balaban J connectivity index is 1.73. The van der Waals surface area contributed by atoms with E-state index in [-0.39, 0.29) is 18.0 Å². The highest BCUT2D eigenvalue weighted by atomic mass is 35.5. The molecule has 0 unspecified atom stereocenters. The number of hydrogen-bond acceptors (Lipinski definition) is 5. The number of aromatic nitrogens is 2. The van der Waals surface area contributed by atoms with Crippen molar-refractivity contribution in [3.8, 4) is 6.07 Å². The van der Waals surface area contributed by atoms with E-state index in [1.807, 2.05) is 18.2 Å². The molecule has 0 radical (unpaired) electrons. The van der Waals surface area contributed by atoms with E-state index in [1.54, 1.807) is 24.0 Å². The minimum absolute atomic E-state index is 0.153. The summed E-state index contributed by atoms with van der Waals surface area (Å²) in [7, 11) is 0. The molecule has 0 saturated carbocycles. The van der Waals surface area contributed by atoms with Crippen LogP contribution in [0.2, 0.25) is 5.02 Å². The van der Waals surface area contributed by atoms with Gasteiger partial charge in [0.2, 0.25) is 5.91 Å². The molecule has 0 spiro atoms. The number of carbonyl (C=O) groups is 1. The Morgan fingerprint density at radius 3 is 2.54 bits per heavy atom. The fourth-order valence-electron chi connectivity index (χ4n) is 3.22. The second kappa shape index (κ2) is 8.31. The van der Waals surface area contributed by atoms with E-state index in [2.05, 4.69) is 4.90 Å². The molecule has 8 nitrogen and oxygen atoms in total. The largest absolute Gasteiger partial charge is 0.368 e. The van der Waals surface area contributed by atoms with Crippen LogP contribution >= 0.6 is 11.6 Å². The molecule has 28 heavy (non-hydrogen) atoms. The van der Waals surface area contributed by atoms with Gasteiger partial charge in [-0.25, -0.2) is 9.36 Å². The molecule has 1 aliphatic rings. The highest BCUT2D eigenvalue weighted by Gasteiger charge is 2.23. The van der Waals surface area contributed by atoms with Gasteiger partial charge >= 0.3 is 5.69 Å². The van der Waals surface area contributed by atoms with Crippen LogP contribution in [-0.4, -0.2) is 46.1 Å². The lowest BCUT2D eigenvalue weighted by atomic mass is 10.2. The second-order valence-corrected chi connectivity index (χ2v) is 6.90. The monoisotopic (exact) mass is 401 g/mol. The average molecular weight is 402 g/mol. The van der Waals surface area contributed by atoms with Gasteiger partial charge in [0.1, 0.15) is 18.2 Å². The van der Waals surface area contributed by atoms with Crippen LogP contribution in [-0.2, 0) is 17.9 Å². The Hall–Kier alpha value is -3.05. The first-order valence-corrected chi connectivity index (χ1v) is 9.35. The van der Waals surface area contributed by atoms with E-state index < -0.39 is 11.2 Å². The summed E-state index contributed by atoms with van der Waals surface area (Å²) < 4.78 is 2.10. The Morgan fingerprint density at radius 1 is 1.21 bits per heavy atom. The van der Waals surface area contributed by atoms with Gasteiger partial charge < -0.3 is 9.80 Å². The number of nitriles is 1. The zero-order valence-corrected chi connectivity index (χ0v) is 16.2. The molecule has 1 saturated heterocycles. The highest BCUT2D eigenvalue weighted by molar-refractivity contribution is 6.30. The van der Waals surface area contributed by atoms with Gasteiger partial charge in [-0.15, -0.1) is 0 Å².